The fourth-order valence-corrected chi connectivity index (χ4v) is 1.73. The molecule has 2 N–H and O–H groups in total. The van der Waals surface area contributed by atoms with Gasteiger partial charge in [-0.2, -0.15) is 0 Å². The molecule has 0 radical (unpaired) electrons. The third-order valence-corrected chi connectivity index (χ3v) is 2.57. The molecule has 0 atom stereocenters. The molecule has 0 unspecified atom stereocenters. The summed E-state index contributed by atoms with van der Waals surface area (Å²) >= 11 is 0. The normalized spacial score (nSPS) is 11.4. The van der Waals surface area contributed by atoms with Crippen molar-refractivity contribution in [2.45, 2.75) is 6.92 Å². The zero-order valence-corrected chi connectivity index (χ0v) is 9.35. The average molecular weight is 209 g/mol. The monoisotopic (exact) mass is 209 g/mol. The van der Waals surface area contributed by atoms with E-state index < -0.39 is 0 Å². The Morgan fingerprint density at radius 1 is 0.938 bits per heavy atom. The highest BCUT2D eigenvalue weighted by atomic mass is 14.6. The smallest absolute Gasteiger partial charge is 0.0390 e. The van der Waals surface area contributed by atoms with Gasteiger partial charge in [0.25, 0.3) is 0 Å². The molecule has 0 fully saturated rings. The maximum atomic E-state index is 5.93. The number of benzene rings is 2. The molecule has 16 heavy (non-hydrogen) atoms. The first-order valence-electron chi connectivity index (χ1n) is 5.35. The fraction of sp³-hybridized carbons (Fsp3) is 0.0667. The lowest BCUT2D eigenvalue weighted by Crippen LogP contribution is -1.90. The third kappa shape index (κ3) is 2.31. The van der Waals surface area contributed by atoms with Crippen molar-refractivity contribution in [1.29, 1.82) is 0 Å². The standard InChI is InChI=1S/C15H15N/c1-12(11-13-7-3-2-4-8-13)14-9-5-6-10-15(14)16/h2-11H,16H2,1H3. The third-order valence-electron chi connectivity index (χ3n) is 2.57. The van der Waals surface area contributed by atoms with Crippen LogP contribution in [0.1, 0.15) is 18.1 Å². The Balaban J connectivity index is 2.36. The number of nitrogen functional groups attached to an aromatic ring is 1. The van der Waals surface area contributed by atoms with Crippen LogP contribution in [0.15, 0.2) is 54.6 Å². The molecule has 0 aromatic heterocycles. The molecule has 0 aliphatic heterocycles. The average Bonchev–Trinajstić information content (AvgIpc) is 2.31. The number of hydrogen-bond donors (Lipinski definition) is 1. The zero-order chi connectivity index (χ0) is 11.4. The van der Waals surface area contributed by atoms with E-state index in [1.165, 1.54) is 11.1 Å². The second kappa shape index (κ2) is 4.67. The van der Waals surface area contributed by atoms with Gasteiger partial charge >= 0.3 is 0 Å². The summed E-state index contributed by atoms with van der Waals surface area (Å²) in [5, 5.41) is 0. The summed E-state index contributed by atoms with van der Waals surface area (Å²) in [6.07, 6.45) is 2.14. The van der Waals surface area contributed by atoms with E-state index in [0.717, 1.165) is 11.3 Å². The SMILES string of the molecule is CC(=Cc1ccccc1)c1ccccc1N. The Morgan fingerprint density at radius 3 is 2.25 bits per heavy atom. The van der Waals surface area contributed by atoms with Crippen LogP contribution in [-0.4, -0.2) is 0 Å². The molecule has 0 heterocycles. The molecule has 0 amide bonds. The molecule has 0 saturated heterocycles. The molecule has 80 valence electrons. The van der Waals surface area contributed by atoms with Crippen LogP contribution in [0.4, 0.5) is 5.69 Å². The second-order valence-corrected chi connectivity index (χ2v) is 3.83. The summed E-state index contributed by atoms with van der Waals surface area (Å²) in [5.41, 5.74) is 10.2. The molecule has 0 saturated carbocycles. The molecule has 0 spiro atoms. The van der Waals surface area contributed by atoms with Crippen molar-refractivity contribution in [2.24, 2.45) is 0 Å². The number of rotatable bonds is 2. The van der Waals surface area contributed by atoms with Crippen LogP contribution in [0.3, 0.4) is 0 Å². The quantitative estimate of drug-likeness (QED) is 0.590. The van der Waals surface area contributed by atoms with Crippen molar-refractivity contribution < 1.29 is 0 Å². The number of hydrogen-bond acceptors (Lipinski definition) is 1. The van der Waals surface area contributed by atoms with E-state index in [0.29, 0.717) is 0 Å². The van der Waals surface area contributed by atoms with Crippen molar-refractivity contribution in [1.82, 2.24) is 0 Å². The van der Waals surface area contributed by atoms with E-state index in [4.69, 9.17) is 5.73 Å². The van der Waals surface area contributed by atoms with E-state index >= 15 is 0 Å². The molecule has 0 aliphatic rings. The summed E-state index contributed by atoms with van der Waals surface area (Å²) in [6.45, 7) is 2.08. The van der Waals surface area contributed by atoms with Gasteiger partial charge in [0, 0.05) is 11.3 Å². The van der Waals surface area contributed by atoms with Gasteiger partial charge in [-0.3, -0.25) is 0 Å². The molecule has 2 aromatic rings. The highest BCUT2D eigenvalue weighted by Gasteiger charge is 1.99. The van der Waals surface area contributed by atoms with Gasteiger partial charge < -0.3 is 5.73 Å². The summed E-state index contributed by atoms with van der Waals surface area (Å²) < 4.78 is 0. The van der Waals surface area contributed by atoms with Gasteiger partial charge in [-0.25, -0.2) is 0 Å². The van der Waals surface area contributed by atoms with E-state index in [9.17, 15) is 0 Å². The molecule has 0 bridgehead atoms. The Labute approximate surface area is 96.2 Å². The van der Waals surface area contributed by atoms with Crippen LogP contribution in [0.2, 0.25) is 0 Å². The maximum absolute atomic E-state index is 5.93. The van der Waals surface area contributed by atoms with Gasteiger partial charge in [0.05, 0.1) is 0 Å². The first-order valence-corrected chi connectivity index (χ1v) is 5.35. The molecular formula is C15H15N. The second-order valence-electron chi connectivity index (χ2n) is 3.83. The predicted molar refractivity (Wildman–Crippen MR) is 70.8 cm³/mol. The van der Waals surface area contributed by atoms with Crippen LogP contribution >= 0.6 is 0 Å². The molecular weight excluding hydrogens is 194 g/mol. The number of allylic oxidation sites excluding steroid dienone is 1. The largest absolute Gasteiger partial charge is 0.398 e. The minimum absolute atomic E-state index is 0.826. The van der Waals surface area contributed by atoms with Crippen LogP contribution in [-0.2, 0) is 0 Å². The van der Waals surface area contributed by atoms with Crippen molar-refractivity contribution in [2.75, 3.05) is 5.73 Å². The highest BCUT2D eigenvalue weighted by molar-refractivity contribution is 5.84. The summed E-state index contributed by atoms with van der Waals surface area (Å²) in [4.78, 5) is 0. The van der Waals surface area contributed by atoms with Gasteiger partial charge in [0.1, 0.15) is 0 Å². The van der Waals surface area contributed by atoms with Crippen LogP contribution in [0.5, 0.6) is 0 Å². The lowest BCUT2D eigenvalue weighted by Gasteiger charge is -2.05. The maximum Gasteiger partial charge on any atom is 0.0390 e. The van der Waals surface area contributed by atoms with Gasteiger partial charge in [-0.15, -0.1) is 0 Å². The van der Waals surface area contributed by atoms with Crippen molar-refractivity contribution >= 4 is 17.3 Å². The molecule has 2 rings (SSSR count). The van der Waals surface area contributed by atoms with E-state index in [-0.39, 0.29) is 0 Å². The Morgan fingerprint density at radius 2 is 1.56 bits per heavy atom. The minimum Gasteiger partial charge on any atom is -0.398 e. The lowest BCUT2D eigenvalue weighted by molar-refractivity contribution is 1.56. The highest BCUT2D eigenvalue weighted by Crippen LogP contribution is 2.22. The lowest BCUT2D eigenvalue weighted by atomic mass is 10.0. The Kier molecular flexibility index (Phi) is 3.06. The van der Waals surface area contributed by atoms with Crippen LogP contribution < -0.4 is 5.73 Å². The Bertz CT molecular complexity index is 498. The van der Waals surface area contributed by atoms with Gasteiger partial charge in [-0.1, -0.05) is 54.6 Å². The zero-order valence-electron chi connectivity index (χ0n) is 9.35. The molecule has 1 nitrogen and oxygen atoms in total. The number of nitrogens with two attached hydrogens (primary N) is 1. The number of anilines is 1. The molecule has 1 heteroatoms. The van der Waals surface area contributed by atoms with Gasteiger partial charge in [0.15, 0.2) is 0 Å². The van der Waals surface area contributed by atoms with Crippen molar-refractivity contribution in [3.63, 3.8) is 0 Å². The first-order chi connectivity index (χ1) is 7.77. The topological polar surface area (TPSA) is 26.0 Å². The van der Waals surface area contributed by atoms with Gasteiger partial charge in [0.2, 0.25) is 0 Å². The van der Waals surface area contributed by atoms with E-state index in [1.54, 1.807) is 0 Å². The van der Waals surface area contributed by atoms with Crippen LogP contribution in [0.25, 0.3) is 11.6 Å². The summed E-state index contributed by atoms with van der Waals surface area (Å²) in [7, 11) is 0. The van der Waals surface area contributed by atoms with E-state index in [2.05, 4.69) is 25.1 Å². The van der Waals surface area contributed by atoms with Crippen molar-refractivity contribution in [3.05, 3.63) is 65.7 Å². The Hall–Kier alpha value is -2.02. The van der Waals surface area contributed by atoms with Crippen molar-refractivity contribution in [3.8, 4) is 0 Å². The van der Waals surface area contributed by atoms with E-state index in [1.807, 2.05) is 42.5 Å². The van der Waals surface area contributed by atoms with Crippen LogP contribution in [0, 0.1) is 0 Å². The molecule has 0 aliphatic carbocycles. The fourth-order valence-electron chi connectivity index (χ4n) is 1.73. The summed E-state index contributed by atoms with van der Waals surface area (Å²) in [5.74, 6) is 0. The summed E-state index contributed by atoms with van der Waals surface area (Å²) in [6, 6.07) is 18.2. The number of para-hydroxylation sites is 1. The molecule has 2 aromatic carbocycles. The first kappa shape index (κ1) is 10.5. The minimum atomic E-state index is 0.826. The van der Waals surface area contributed by atoms with Gasteiger partial charge in [-0.05, 0) is 24.1 Å². The predicted octanol–water partition coefficient (Wildman–Crippen LogP) is 3.83.